The van der Waals surface area contributed by atoms with Crippen molar-refractivity contribution in [2.75, 3.05) is 53.0 Å². The highest BCUT2D eigenvalue weighted by Crippen LogP contribution is 2.25. The molecule has 2 saturated heterocycles. The highest BCUT2D eigenvalue weighted by atomic mass is 28.3. The van der Waals surface area contributed by atoms with Crippen LogP contribution in [0.15, 0.2) is 0 Å². The minimum Gasteiger partial charge on any atom is -0.464 e. The summed E-state index contributed by atoms with van der Waals surface area (Å²) in [5.74, 6) is -0.534. The number of hydrogen-bond donors (Lipinski definition) is 2. The van der Waals surface area contributed by atoms with Crippen molar-refractivity contribution in [2.45, 2.75) is 89.6 Å². The molecule has 0 aliphatic carbocycles. The molecule has 2 heterocycles. The lowest BCUT2D eigenvalue weighted by Gasteiger charge is -2.40. The molecule has 0 bridgehead atoms. The molecule has 11 nitrogen and oxygen atoms in total. The van der Waals surface area contributed by atoms with Gasteiger partial charge in [-0.1, -0.05) is 19.6 Å². The van der Waals surface area contributed by atoms with Crippen molar-refractivity contribution in [2.24, 2.45) is 0 Å². The van der Waals surface area contributed by atoms with Crippen molar-refractivity contribution in [1.29, 1.82) is 0 Å². The second kappa shape index (κ2) is 13.8. The molecule has 2 fully saturated rings. The zero-order chi connectivity index (χ0) is 27.8. The lowest BCUT2D eigenvalue weighted by molar-refractivity contribution is -0.150. The van der Waals surface area contributed by atoms with Crippen molar-refractivity contribution in [3.63, 3.8) is 0 Å². The van der Waals surface area contributed by atoms with E-state index in [2.05, 4.69) is 35.2 Å². The number of likely N-dealkylation sites (tertiary alicyclic amines) is 1. The minimum atomic E-state index is -1.39. The van der Waals surface area contributed by atoms with Gasteiger partial charge in [-0.05, 0) is 40.2 Å². The van der Waals surface area contributed by atoms with Crippen LogP contribution in [0, 0.1) is 0 Å². The number of morpholine rings is 1. The number of carbonyl (C=O) groups excluding carboxylic acids is 3. The highest BCUT2D eigenvalue weighted by molar-refractivity contribution is 6.76. The molecule has 0 saturated carbocycles. The number of alkyl carbamates (subject to hydrolysis) is 1. The fourth-order valence-electron chi connectivity index (χ4n) is 4.44. The second-order valence-corrected chi connectivity index (χ2v) is 17.6. The maximum absolute atomic E-state index is 13.2. The molecular formula is C25H48N4O7Si. The van der Waals surface area contributed by atoms with Gasteiger partial charge in [0, 0.05) is 47.3 Å². The number of likely N-dealkylation sites (N-methyl/N-ethyl adjacent to an activating group) is 1. The summed E-state index contributed by atoms with van der Waals surface area (Å²) in [6.07, 6.45) is -0.706. The van der Waals surface area contributed by atoms with E-state index in [4.69, 9.17) is 18.9 Å². The van der Waals surface area contributed by atoms with Gasteiger partial charge < -0.3 is 34.5 Å². The zero-order valence-electron chi connectivity index (χ0n) is 23.9. The molecular weight excluding hydrogens is 496 g/mol. The molecule has 0 spiro atoms. The number of nitrogens with one attached hydrogen (secondary N) is 2. The molecule has 2 N–H and O–H groups in total. The van der Waals surface area contributed by atoms with E-state index < -0.39 is 43.9 Å². The Hall–Kier alpha value is -1.89. The van der Waals surface area contributed by atoms with Gasteiger partial charge in [0.25, 0.3) is 0 Å². The second-order valence-electron chi connectivity index (χ2n) is 12.0. The Morgan fingerprint density at radius 2 is 1.92 bits per heavy atom. The van der Waals surface area contributed by atoms with Crippen LogP contribution < -0.4 is 10.6 Å². The van der Waals surface area contributed by atoms with Gasteiger partial charge in [0.15, 0.2) is 0 Å². The van der Waals surface area contributed by atoms with E-state index in [9.17, 15) is 14.4 Å². The molecule has 2 rings (SSSR count). The predicted octanol–water partition coefficient (Wildman–Crippen LogP) is 2.28. The number of nitrogens with zero attached hydrogens (tertiary/aromatic N) is 2. The van der Waals surface area contributed by atoms with E-state index in [0.717, 1.165) is 6.04 Å². The van der Waals surface area contributed by atoms with E-state index in [1.807, 2.05) is 20.8 Å². The van der Waals surface area contributed by atoms with Gasteiger partial charge in [-0.3, -0.25) is 4.90 Å². The third-order valence-electron chi connectivity index (χ3n) is 6.42. The molecule has 2 amide bonds. The van der Waals surface area contributed by atoms with Crippen molar-refractivity contribution in [3.05, 3.63) is 0 Å². The molecule has 37 heavy (non-hydrogen) atoms. The first kappa shape index (κ1) is 31.3. The smallest absolute Gasteiger partial charge is 0.410 e. The Morgan fingerprint density at radius 3 is 2.49 bits per heavy atom. The van der Waals surface area contributed by atoms with Gasteiger partial charge in [0.05, 0.1) is 32.0 Å². The molecule has 2 aliphatic rings. The molecule has 0 aromatic rings. The number of carbonyl (C=O) groups is 3. The first-order valence-electron chi connectivity index (χ1n) is 13.3. The van der Waals surface area contributed by atoms with E-state index in [-0.39, 0.29) is 18.8 Å². The number of hydrogen-bond acceptors (Lipinski definition) is 9. The van der Waals surface area contributed by atoms with Crippen LogP contribution in [-0.2, 0) is 23.7 Å². The molecule has 214 valence electrons. The predicted molar refractivity (Wildman–Crippen MR) is 143 cm³/mol. The summed E-state index contributed by atoms with van der Waals surface area (Å²) in [4.78, 5) is 42.3. The van der Waals surface area contributed by atoms with Crippen molar-refractivity contribution >= 4 is 26.2 Å². The first-order chi connectivity index (χ1) is 17.2. The molecule has 0 radical (unpaired) electrons. The largest absolute Gasteiger partial charge is 0.464 e. The van der Waals surface area contributed by atoms with Gasteiger partial charge in [0.2, 0.25) is 0 Å². The van der Waals surface area contributed by atoms with E-state index in [0.29, 0.717) is 45.8 Å². The van der Waals surface area contributed by atoms with Gasteiger partial charge in [0.1, 0.15) is 11.6 Å². The molecule has 0 unspecified atom stereocenters. The highest BCUT2D eigenvalue weighted by Gasteiger charge is 2.45. The summed E-state index contributed by atoms with van der Waals surface area (Å²) < 4.78 is 22.4. The summed E-state index contributed by atoms with van der Waals surface area (Å²) in [5, 5.41) is 6.10. The normalized spacial score (nSPS) is 22.6. The fourth-order valence-corrected chi connectivity index (χ4v) is 5.15. The summed E-state index contributed by atoms with van der Waals surface area (Å²) >= 11 is 0. The zero-order valence-corrected chi connectivity index (χ0v) is 24.9. The molecule has 2 aliphatic heterocycles. The van der Waals surface area contributed by atoms with Crippen LogP contribution in [-0.4, -0.2) is 119 Å². The van der Waals surface area contributed by atoms with E-state index in [1.54, 1.807) is 18.9 Å². The average Bonchev–Trinajstić information content (AvgIpc) is 3.26. The van der Waals surface area contributed by atoms with Gasteiger partial charge >= 0.3 is 18.2 Å². The van der Waals surface area contributed by atoms with E-state index in [1.165, 1.54) is 0 Å². The van der Waals surface area contributed by atoms with Gasteiger partial charge in [-0.15, -0.1) is 0 Å². The van der Waals surface area contributed by atoms with Crippen LogP contribution in [0.5, 0.6) is 0 Å². The summed E-state index contributed by atoms with van der Waals surface area (Å²) in [5.41, 5.74) is -0.595. The molecule has 12 heteroatoms. The summed E-state index contributed by atoms with van der Waals surface area (Å²) in [6, 6.07) is -0.780. The number of esters is 1. The monoisotopic (exact) mass is 544 g/mol. The van der Waals surface area contributed by atoms with Crippen LogP contribution >= 0.6 is 0 Å². The molecule has 0 aromatic carbocycles. The Bertz CT molecular complexity index is 765. The van der Waals surface area contributed by atoms with E-state index >= 15 is 0 Å². The number of rotatable bonds is 10. The van der Waals surface area contributed by atoms with Crippen molar-refractivity contribution < 1.29 is 33.3 Å². The lowest BCUT2D eigenvalue weighted by Crippen LogP contribution is -2.64. The Morgan fingerprint density at radius 1 is 1.22 bits per heavy atom. The Kier molecular flexibility index (Phi) is 11.7. The fraction of sp³-hybridized carbons (Fsp3) is 0.880. The maximum atomic E-state index is 13.2. The average molecular weight is 545 g/mol. The Labute approximate surface area is 222 Å². The molecule has 0 aromatic heterocycles. The number of amides is 2. The van der Waals surface area contributed by atoms with Crippen molar-refractivity contribution in [3.8, 4) is 0 Å². The van der Waals surface area contributed by atoms with Crippen molar-refractivity contribution in [1.82, 2.24) is 20.4 Å². The minimum absolute atomic E-state index is 0.111. The maximum Gasteiger partial charge on any atom is 0.410 e. The van der Waals surface area contributed by atoms with Crippen LogP contribution in [0.4, 0.5) is 9.59 Å². The van der Waals surface area contributed by atoms with Gasteiger partial charge in [-0.25, -0.2) is 14.4 Å². The Balaban J connectivity index is 2.21. The third kappa shape index (κ3) is 10.4. The molecule has 4 atom stereocenters. The quantitative estimate of drug-likeness (QED) is 0.243. The van der Waals surface area contributed by atoms with Gasteiger partial charge in [-0.2, -0.15) is 0 Å². The topological polar surface area (TPSA) is 119 Å². The van der Waals surface area contributed by atoms with Crippen LogP contribution in [0.3, 0.4) is 0 Å². The summed E-state index contributed by atoms with van der Waals surface area (Å²) in [7, 11) is 0.342. The number of ether oxygens (including phenoxy) is 4. The van der Waals surface area contributed by atoms with Crippen LogP contribution in [0.25, 0.3) is 0 Å². The summed E-state index contributed by atoms with van der Waals surface area (Å²) in [6.45, 7) is 17.2. The first-order valence-corrected chi connectivity index (χ1v) is 17.0. The standard InChI is InChI=1S/C25H48N4O7Si/c1-9-33-22(30)20(27-23(31)35-14-15-37(6,7)8)21(19-16-26-11-13-34-19)29-12-10-18(17-29)28(5)24(32)36-25(2,3)4/h18-21,26H,9-17H2,1-8H3,(H,27,31)/t18-,19+,20-,21+/m0/s1. The lowest BCUT2D eigenvalue weighted by atomic mass is 9.99. The third-order valence-corrected chi connectivity index (χ3v) is 8.13. The van der Waals surface area contributed by atoms with Crippen LogP contribution in [0.2, 0.25) is 25.7 Å². The van der Waals surface area contributed by atoms with Crippen LogP contribution in [0.1, 0.15) is 34.1 Å². The SMILES string of the molecule is CCOC(=O)[C@@H](NC(=O)OCC[Si](C)(C)C)[C@@H]([C@H]1CNCCO1)N1CC[C@H](N(C)C(=O)OC(C)(C)C)C1.